The highest BCUT2D eigenvalue weighted by atomic mass is 35.5. The average molecular weight is 725 g/mol. The number of amides is 2. The Hall–Kier alpha value is -4.25. The Morgan fingerprint density at radius 3 is 2.16 bits per heavy atom. The molecule has 0 aliphatic heterocycles. The maximum Gasteiger partial charge on any atom is 0.264 e. The van der Waals surface area contributed by atoms with Crippen LogP contribution in [0, 0.1) is 0 Å². The number of ether oxygens (including phenoxy) is 2. The van der Waals surface area contributed by atoms with Crippen molar-refractivity contribution in [3.8, 4) is 11.5 Å². The molecule has 0 heterocycles. The van der Waals surface area contributed by atoms with Crippen LogP contribution < -0.4 is 19.1 Å². The van der Waals surface area contributed by atoms with Crippen molar-refractivity contribution in [1.82, 2.24) is 10.2 Å². The SMILES string of the molecule is COc1ccc(S(=O)(=O)N(CC(=O)N(Cc2ccc(Cl)c(Cl)c2)[C@H](Cc2ccccc2)C(=O)NC2CCCC2)c2ccccc2OC)cc1. The van der Waals surface area contributed by atoms with Gasteiger partial charge in [-0.2, -0.15) is 0 Å². The second-order valence-corrected chi connectivity index (χ2v) is 14.5. The van der Waals surface area contributed by atoms with Gasteiger partial charge in [0.25, 0.3) is 10.0 Å². The van der Waals surface area contributed by atoms with Crippen molar-refractivity contribution in [2.45, 2.75) is 55.6 Å². The number of carbonyl (C=O) groups is 2. The molecule has 0 radical (unpaired) electrons. The molecule has 2 amide bonds. The first-order valence-electron chi connectivity index (χ1n) is 16.0. The van der Waals surface area contributed by atoms with Gasteiger partial charge in [0, 0.05) is 19.0 Å². The standard InChI is InChI=1S/C37H39Cl2N3O6S/c1-47-29-17-19-30(20-18-29)49(45,46)42(33-14-8-9-15-35(33)48-2)25-36(43)41(24-27-16-21-31(38)32(39)22-27)34(23-26-10-4-3-5-11-26)37(44)40-28-12-6-7-13-28/h3-5,8-11,14-22,28,34H,6-7,12-13,23-25H2,1-2H3,(H,40,44)/t34-/m1/s1. The van der Waals surface area contributed by atoms with Gasteiger partial charge in [0.05, 0.1) is 34.8 Å². The van der Waals surface area contributed by atoms with Gasteiger partial charge < -0.3 is 19.7 Å². The van der Waals surface area contributed by atoms with E-state index in [-0.39, 0.29) is 41.2 Å². The molecule has 258 valence electrons. The summed E-state index contributed by atoms with van der Waals surface area (Å²) in [6, 6.07) is 25.9. The van der Waals surface area contributed by atoms with Crippen molar-refractivity contribution in [2.75, 3.05) is 25.1 Å². The molecule has 1 N–H and O–H groups in total. The number of rotatable bonds is 14. The molecule has 4 aromatic rings. The van der Waals surface area contributed by atoms with Crippen LogP contribution in [0.5, 0.6) is 11.5 Å². The molecule has 1 saturated carbocycles. The molecule has 0 unspecified atom stereocenters. The molecule has 9 nitrogen and oxygen atoms in total. The van der Waals surface area contributed by atoms with Crippen LogP contribution in [0.2, 0.25) is 10.0 Å². The normalized spacial score (nSPS) is 13.8. The summed E-state index contributed by atoms with van der Waals surface area (Å²) in [5, 5.41) is 3.80. The van der Waals surface area contributed by atoms with Gasteiger partial charge in [0.2, 0.25) is 11.8 Å². The molecule has 0 spiro atoms. The van der Waals surface area contributed by atoms with Crippen molar-refractivity contribution in [3.63, 3.8) is 0 Å². The maximum atomic E-state index is 14.8. The molecule has 0 bridgehead atoms. The summed E-state index contributed by atoms with van der Waals surface area (Å²) in [6.45, 7) is -0.661. The molecule has 1 aliphatic rings. The molecular weight excluding hydrogens is 685 g/mol. The second kappa shape index (κ2) is 16.4. The summed E-state index contributed by atoms with van der Waals surface area (Å²) in [4.78, 5) is 30.3. The molecule has 49 heavy (non-hydrogen) atoms. The molecule has 0 aromatic heterocycles. The van der Waals surface area contributed by atoms with Gasteiger partial charge in [-0.1, -0.05) is 84.6 Å². The van der Waals surface area contributed by atoms with E-state index in [4.69, 9.17) is 32.7 Å². The maximum absolute atomic E-state index is 14.8. The molecule has 4 aromatic carbocycles. The molecule has 1 aliphatic carbocycles. The number of anilines is 1. The number of halogens is 2. The number of para-hydroxylation sites is 2. The van der Waals surface area contributed by atoms with Crippen LogP contribution in [0.1, 0.15) is 36.8 Å². The summed E-state index contributed by atoms with van der Waals surface area (Å²) >= 11 is 12.6. The lowest BCUT2D eigenvalue weighted by Gasteiger charge is -2.34. The van der Waals surface area contributed by atoms with Gasteiger partial charge in [-0.15, -0.1) is 0 Å². The zero-order chi connectivity index (χ0) is 35.0. The molecule has 1 atom stereocenters. The van der Waals surface area contributed by atoms with Gasteiger partial charge in [-0.25, -0.2) is 8.42 Å². The van der Waals surface area contributed by atoms with E-state index >= 15 is 0 Å². The number of nitrogens with zero attached hydrogens (tertiary/aromatic N) is 2. The van der Waals surface area contributed by atoms with E-state index in [9.17, 15) is 18.0 Å². The summed E-state index contributed by atoms with van der Waals surface area (Å²) in [5.41, 5.74) is 1.63. The topological polar surface area (TPSA) is 105 Å². The third kappa shape index (κ3) is 8.86. The summed E-state index contributed by atoms with van der Waals surface area (Å²) < 4.78 is 40.5. The van der Waals surface area contributed by atoms with E-state index in [0.29, 0.717) is 21.4 Å². The van der Waals surface area contributed by atoms with Gasteiger partial charge in [-0.05, 0) is 72.5 Å². The minimum absolute atomic E-state index is 0.00627. The number of sulfonamides is 1. The predicted octanol–water partition coefficient (Wildman–Crippen LogP) is 6.90. The number of carbonyl (C=O) groups excluding carboxylic acids is 2. The Morgan fingerprint density at radius 1 is 0.837 bits per heavy atom. The van der Waals surface area contributed by atoms with E-state index < -0.39 is 28.5 Å². The highest BCUT2D eigenvalue weighted by Gasteiger charge is 2.36. The van der Waals surface area contributed by atoms with Crippen LogP contribution in [0.3, 0.4) is 0 Å². The largest absolute Gasteiger partial charge is 0.497 e. The number of benzene rings is 4. The van der Waals surface area contributed by atoms with Crippen LogP contribution in [0.4, 0.5) is 5.69 Å². The quantitative estimate of drug-likeness (QED) is 0.152. The van der Waals surface area contributed by atoms with Crippen molar-refractivity contribution < 1.29 is 27.5 Å². The molecular formula is C37H39Cl2N3O6S. The lowest BCUT2D eigenvalue weighted by molar-refractivity contribution is -0.140. The second-order valence-electron chi connectivity index (χ2n) is 11.8. The van der Waals surface area contributed by atoms with Gasteiger partial charge in [-0.3, -0.25) is 13.9 Å². The van der Waals surface area contributed by atoms with Crippen LogP contribution in [-0.4, -0.2) is 58.0 Å². The molecule has 1 fully saturated rings. The Morgan fingerprint density at radius 2 is 1.51 bits per heavy atom. The lowest BCUT2D eigenvalue weighted by Crippen LogP contribution is -2.54. The average Bonchev–Trinajstić information content (AvgIpc) is 3.63. The monoisotopic (exact) mass is 723 g/mol. The minimum atomic E-state index is -4.34. The predicted molar refractivity (Wildman–Crippen MR) is 192 cm³/mol. The number of methoxy groups -OCH3 is 2. The Bertz CT molecular complexity index is 1850. The first-order valence-corrected chi connectivity index (χ1v) is 18.2. The van der Waals surface area contributed by atoms with E-state index in [1.165, 1.54) is 43.4 Å². The van der Waals surface area contributed by atoms with Crippen molar-refractivity contribution in [1.29, 1.82) is 0 Å². The van der Waals surface area contributed by atoms with Crippen LogP contribution >= 0.6 is 23.2 Å². The fraction of sp³-hybridized carbons (Fsp3) is 0.297. The summed E-state index contributed by atoms with van der Waals surface area (Å²) in [5.74, 6) is -0.186. The van der Waals surface area contributed by atoms with Crippen LogP contribution in [0.15, 0.2) is 102 Å². The first-order chi connectivity index (χ1) is 23.6. The van der Waals surface area contributed by atoms with Crippen LogP contribution in [-0.2, 0) is 32.6 Å². The highest BCUT2D eigenvalue weighted by Crippen LogP contribution is 2.33. The Kier molecular flexibility index (Phi) is 12.1. The van der Waals surface area contributed by atoms with Crippen molar-refractivity contribution in [2.24, 2.45) is 0 Å². The summed E-state index contributed by atoms with van der Waals surface area (Å²) in [7, 11) is -1.42. The van der Waals surface area contributed by atoms with E-state index in [1.807, 2.05) is 30.3 Å². The zero-order valence-corrected chi connectivity index (χ0v) is 29.7. The van der Waals surface area contributed by atoms with Crippen LogP contribution in [0.25, 0.3) is 0 Å². The highest BCUT2D eigenvalue weighted by molar-refractivity contribution is 7.92. The lowest BCUT2D eigenvalue weighted by atomic mass is 10.0. The van der Waals surface area contributed by atoms with E-state index in [0.717, 1.165) is 35.6 Å². The van der Waals surface area contributed by atoms with E-state index in [2.05, 4.69) is 5.32 Å². The zero-order valence-electron chi connectivity index (χ0n) is 27.4. The van der Waals surface area contributed by atoms with Gasteiger partial charge in [0.15, 0.2) is 0 Å². The fourth-order valence-electron chi connectivity index (χ4n) is 5.98. The van der Waals surface area contributed by atoms with Crippen molar-refractivity contribution >= 4 is 50.7 Å². The van der Waals surface area contributed by atoms with Gasteiger partial charge in [0.1, 0.15) is 24.1 Å². The smallest absolute Gasteiger partial charge is 0.264 e. The Balaban J connectivity index is 1.60. The van der Waals surface area contributed by atoms with Crippen molar-refractivity contribution in [3.05, 3.63) is 118 Å². The molecule has 12 heteroatoms. The molecule has 5 rings (SSSR count). The number of nitrogens with one attached hydrogen (secondary N) is 1. The number of hydrogen-bond donors (Lipinski definition) is 1. The van der Waals surface area contributed by atoms with Gasteiger partial charge >= 0.3 is 0 Å². The Labute approximate surface area is 297 Å². The summed E-state index contributed by atoms with van der Waals surface area (Å²) in [6.07, 6.45) is 3.93. The van der Waals surface area contributed by atoms with E-state index in [1.54, 1.807) is 42.5 Å². The number of hydrogen-bond acceptors (Lipinski definition) is 6. The third-order valence-electron chi connectivity index (χ3n) is 8.59. The fourth-order valence-corrected chi connectivity index (χ4v) is 7.73. The minimum Gasteiger partial charge on any atom is -0.497 e. The first kappa shape index (κ1) is 36.0. The molecule has 0 saturated heterocycles. The third-order valence-corrected chi connectivity index (χ3v) is 11.1.